The summed E-state index contributed by atoms with van der Waals surface area (Å²) in [6.45, 7) is 15.6. The van der Waals surface area contributed by atoms with E-state index in [4.69, 9.17) is 5.11 Å². The molecule has 0 saturated carbocycles. The summed E-state index contributed by atoms with van der Waals surface area (Å²) in [6, 6.07) is 8.29. The maximum atomic E-state index is 8.68. The van der Waals surface area contributed by atoms with Gasteiger partial charge in [0.1, 0.15) is 0 Å². The van der Waals surface area contributed by atoms with Crippen LogP contribution in [0.25, 0.3) is 0 Å². The Labute approximate surface area is 126 Å². The zero-order valence-electron chi connectivity index (χ0n) is 13.8. The number of thiol groups is 1. The fourth-order valence-electron chi connectivity index (χ4n) is 1.22. The Morgan fingerprint density at radius 2 is 1.58 bits per heavy atom. The summed E-state index contributed by atoms with van der Waals surface area (Å²) < 4.78 is 1.80. The smallest absolute Gasteiger partial charge is 0.0567 e. The highest BCUT2D eigenvalue weighted by Crippen LogP contribution is 2.08. The summed E-state index contributed by atoms with van der Waals surface area (Å²) in [5.74, 6) is 0. The Morgan fingerprint density at radius 3 is 2.00 bits per heavy atom. The predicted octanol–water partition coefficient (Wildman–Crippen LogP) is 4.71. The highest BCUT2D eigenvalue weighted by molar-refractivity contribution is 7.77. The van der Waals surface area contributed by atoms with Crippen LogP contribution < -0.4 is 0 Å². The van der Waals surface area contributed by atoms with E-state index in [9.17, 15) is 0 Å². The van der Waals surface area contributed by atoms with Crippen LogP contribution in [-0.2, 0) is 6.54 Å². The van der Waals surface area contributed by atoms with Gasteiger partial charge in [-0.15, -0.1) is 0 Å². The monoisotopic (exact) mass is 287 g/mol. The third-order valence-corrected chi connectivity index (χ3v) is 2.15. The van der Waals surface area contributed by atoms with Gasteiger partial charge in [0.2, 0.25) is 0 Å². The van der Waals surface area contributed by atoms with Gasteiger partial charge < -0.3 is 5.11 Å². The van der Waals surface area contributed by atoms with Crippen LogP contribution in [0.1, 0.15) is 52.7 Å². The highest BCUT2D eigenvalue weighted by Gasteiger charge is 1.99. The molecule has 0 fully saturated rings. The highest BCUT2D eigenvalue weighted by atomic mass is 32.1. The maximum absolute atomic E-state index is 8.68. The van der Waals surface area contributed by atoms with E-state index in [-0.39, 0.29) is 6.61 Å². The lowest BCUT2D eigenvalue weighted by Gasteiger charge is -2.13. The molecule has 0 aliphatic rings. The summed E-state index contributed by atoms with van der Waals surface area (Å²) in [4.78, 5) is 0. The lowest BCUT2D eigenvalue weighted by molar-refractivity contribution is 0.261. The summed E-state index contributed by atoms with van der Waals surface area (Å²) in [5, 5.41) is 8.68. The zero-order chi connectivity index (χ0) is 15.7. The fourth-order valence-corrected chi connectivity index (χ4v) is 1.47. The van der Waals surface area contributed by atoms with E-state index in [2.05, 4.69) is 37.9 Å². The first-order chi connectivity index (χ1) is 9.22. The molecule has 114 valence electrons. The molecule has 0 bridgehead atoms. The second-order valence-corrected chi connectivity index (χ2v) is 3.67. The summed E-state index contributed by atoms with van der Waals surface area (Å²) in [6.07, 6.45) is 0. The van der Waals surface area contributed by atoms with Crippen LogP contribution in [0.4, 0.5) is 0 Å². The van der Waals surface area contributed by atoms with Gasteiger partial charge >= 0.3 is 0 Å². The molecule has 0 atom stereocenters. The van der Waals surface area contributed by atoms with Gasteiger partial charge in [0.05, 0.1) is 6.61 Å². The molecule has 0 aliphatic heterocycles. The van der Waals surface area contributed by atoms with Crippen molar-refractivity contribution >= 4 is 12.8 Å². The van der Waals surface area contributed by atoms with Crippen molar-refractivity contribution in [3.05, 3.63) is 35.4 Å². The van der Waals surface area contributed by atoms with E-state index in [1.165, 1.54) is 11.1 Å². The predicted molar refractivity (Wildman–Crippen MR) is 91.7 cm³/mol. The number of aliphatic hydroxyl groups is 1. The van der Waals surface area contributed by atoms with Crippen molar-refractivity contribution in [2.45, 2.75) is 55.0 Å². The lowest BCUT2D eigenvalue weighted by Crippen LogP contribution is -2.16. The number of hydrogen-bond acceptors (Lipinski definition) is 3. The second-order valence-electron chi connectivity index (χ2n) is 3.10. The van der Waals surface area contributed by atoms with Gasteiger partial charge in [0.25, 0.3) is 0 Å². The van der Waals surface area contributed by atoms with E-state index >= 15 is 0 Å². The average molecular weight is 288 g/mol. The molecule has 0 amide bonds. The maximum Gasteiger partial charge on any atom is 0.0567 e. The molecule has 2 nitrogen and oxygen atoms in total. The van der Waals surface area contributed by atoms with E-state index in [1.54, 1.807) is 4.31 Å². The van der Waals surface area contributed by atoms with E-state index in [1.807, 2.05) is 47.6 Å². The van der Waals surface area contributed by atoms with Crippen LogP contribution in [0.3, 0.4) is 0 Å². The minimum absolute atomic E-state index is 0.148. The van der Waals surface area contributed by atoms with Crippen LogP contribution in [0.5, 0.6) is 0 Å². The second kappa shape index (κ2) is 19.8. The first-order valence-electron chi connectivity index (χ1n) is 7.32. The van der Waals surface area contributed by atoms with Crippen molar-refractivity contribution in [1.82, 2.24) is 4.31 Å². The van der Waals surface area contributed by atoms with E-state index in [0.717, 1.165) is 6.54 Å². The minimum atomic E-state index is 0.148. The third-order valence-electron chi connectivity index (χ3n) is 1.81. The molecular formula is C16H33NOS. The Balaban J connectivity index is -0.000000375. The third kappa shape index (κ3) is 15.4. The summed E-state index contributed by atoms with van der Waals surface area (Å²) in [7, 11) is 0. The van der Waals surface area contributed by atoms with Gasteiger partial charge in [-0.25, -0.2) is 4.31 Å². The molecule has 0 aliphatic carbocycles. The van der Waals surface area contributed by atoms with Gasteiger partial charge in [-0.1, -0.05) is 84.2 Å². The molecule has 3 heteroatoms. The summed E-state index contributed by atoms with van der Waals surface area (Å²) in [5.41, 5.74) is 2.48. The molecule has 1 rings (SSSR count). The number of rotatable bonds is 4. The molecular weight excluding hydrogens is 254 g/mol. The topological polar surface area (TPSA) is 23.5 Å². The Hall–Kier alpha value is -0.510. The Kier molecular flexibility index (Phi) is 24.6. The van der Waals surface area contributed by atoms with Crippen LogP contribution in [0, 0.1) is 6.92 Å². The average Bonchev–Trinajstić information content (AvgIpc) is 2.46. The van der Waals surface area contributed by atoms with Crippen LogP contribution in [-0.4, -0.2) is 22.6 Å². The van der Waals surface area contributed by atoms with Crippen molar-refractivity contribution in [2.24, 2.45) is 0 Å². The molecule has 19 heavy (non-hydrogen) atoms. The normalized spacial score (nSPS) is 8.32. The van der Waals surface area contributed by atoms with Gasteiger partial charge in [0.15, 0.2) is 0 Å². The lowest BCUT2D eigenvalue weighted by atomic mass is 10.1. The van der Waals surface area contributed by atoms with Crippen molar-refractivity contribution in [2.75, 3.05) is 13.2 Å². The first kappa shape index (κ1) is 23.6. The molecule has 0 heterocycles. The Bertz CT molecular complexity index is 267. The largest absolute Gasteiger partial charge is 0.395 e. The van der Waals surface area contributed by atoms with Crippen molar-refractivity contribution < 1.29 is 5.11 Å². The molecule has 1 N–H and O–H groups in total. The van der Waals surface area contributed by atoms with E-state index < -0.39 is 0 Å². The van der Waals surface area contributed by atoms with Gasteiger partial charge in [0, 0.05) is 13.1 Å². The number of hydrogen-bond donors (Lipinski definition) is 2. The van der Waals surface area contributed by atoms with Crippen molar-refractivity contribution in [1.29, 1.82) is 0 Å². The SMILES string of the molecule is CC.CC.CC.Cc1cccc(CN(S)CCO)c1. The molecule has 0 unspecified atom stereocenters. The van der Waals surface area contributed by atoms with Crippen molar-refractivity contribution in [3.8, 4) is 0 Å². The fraction of sp³-hybridized carbons (Fsp3) is 0.625. The zero-order valence-corrected chi connectivity index (χ0v) is 14.7. The first-order valence-corrected chi connectivity index (χ1v) is 7.72. The van der Waals surface area contributed by atoms with Gasteiger partial charge in [-0.3, -0.25) is 0 Å². The molecule has 0 radical (unpaired) electrons. The minimum Gasteiger partial charge on any atom is -0.395 e. The van der Waals surface area contributed by atoms with Gasteiger partial charge in [-0.05, 0) is 12.5 Å². The molecule has 0 saturated heterocycles. The molecule has 0 aromatic heterocycles. The van der Waals surface area contributed by atoms with Crippen LogP contribution in [0.2, 0.25) is 0 Å². The molecule has 1 aromatic carbocycles. The van der Waals surface area contributed by atoms with Crippen LogP contribution in [0.15, 0.2) is 24.3 Å². The Morgan fingerprint density at radius 1 is 1.05 bits per heavy atom. The van der Waals surface area contributed by atoms with E-state index in [0.29, 0.717) is 6.54 Å². The van der Waals surface area contributed by atoms with Crippen molar-refractivity contribution in [3.63, 3.8) is 0 Å². The number of aliphatic hydroxyl groups excluding tert-OH is 1. The number of nitrogens with zero attached hydrogens (tertiary/aromatic N) is 1. The quantitative estimate of drug-likeness (QED) is 0.783. The number of aryl methyl sites for hydroxylation is 1. The molecule has 1 aromatic rings. The van der Waals surface area contributed by atoms with Gasteiger partial charge in [-0.2, -0.15) is 0 Å². The number of benzene rings is 1. The summed E-state index contributed by atoms with van der Waals surface area (Å²) >= 11 is 4.23. The standard InChI is InChI=1S/C10H15NOS.3C2H6/c1-9-3-2-4-10(7-9)8-11(13)5-6-12;3*1-2/h2-4,7,12-13H,5-6,8H2,1H3;3*1-2H3. The van der Waals surface area contributed by atoms with Crippen LogP contribution >= 0.6 is 12.8 Å². The molecule has 0 spiro atoms.